The highest BCUT2D eigenvalue weighted by molar-refractivity contribution is 7.90. The molecular weight excluding hydrogens is 260 g/mol. The number of unbranched alkanes of at least 4 members (excludes halogenated alkanes) is 2. The third-order valence-electron chi connectivity index (χ3n) is 1.88. The SMILES string of the molecule is CS(=O)(=O)c1ncc(C#CCCCCCl)cn1. The zero-order valence-corrected chi connectivity index (χ0v) is 11.1. The van der Waals surface area contributed by atoms with Crippen molar-refractivity contribution in [1.82, 2.24) is 9.97 Å². The third-order valence-corrected chi connectivity index (χ3v) is 3.02. The minimum absolute atomic E-state index is 0.176. The maximum absolute atomic E-state index is 11.1. The van der Waals surface area contributed by atoms with Crippen LogP contribution < -0.4 is 0 Å². The van der Waals surface area contributed by atoms with E-state index in [1.807, 2.05) is 0 Å². The zero-order chi connectivity index (χ0) is 12.7. The van der Waals surface area contributed by atoms with Gasteiger partial charge < -0.3 is 0 Å². The van der Waals surface area contributed by atoms with Gasteiger partial charge >= 0.3 is 0 Å². The van der Waals surface area contributed by atoms with E-state index in [1.54, 1.807) is 0 Å². The Morgan fingerprint density at radius 3 is 2.47 bits per heavy atom. The quantitative estimate of drug-likeness (QED) is 0.362. The van der Waals surface area contributed by atoms with Gasteiger partial charge in [0.05, 0.1) is 5.56 Å². The average Bonchev–Trinajstić information content (AvgIpc) is 2.28. The monoisotopic (exact) mass is 272 g/mol. The maximum Gasteiger partial charge on any atom is 0.246 e. The molecule has 0 bridgehead atoms. The molecule has 0 aromatic carbocycles. The van der Waals surface area contributed by atoms with E-state index >= 15 is 0 Å². The molecule has 0 N–H and O–H groups in total. The highest BCUT2D eigenvalue weighted by atomic mass is 35.5. The van der Waals surface area contributed by atoms with Crippen molar-refractivity contribution in [2.45, 2.75) is 24.4 Å². The van der Waals surface area contributed by atoms with Crippen molar-refractivity contribution in [2.24, 2.45) is 0 Å². The number of sulfone groups is 1. The number of rotatable bonds is 4. The van der Waals surface area contributed by atoms with Crippen molar-refractivity contribution in [2.75, 3.05) is 12.1 Å². The van der Waals surface area contributed by atoms with Gasteiger partial charge in [0.1, 0.15) is 0 Å². The van der Waals surface area contributed by atoms with Gasteiger partial charge in [-0.05, 0) is 12.8 Å². The first kappa shape index (κ1) is 13.9. The van der Waals surface area contributed by atoms with Gasteiger partial charge in [-0.2, -0.15) is 0 Å². The minimum Gasteiger partial charge on any atom is -0.226 e. The van der Waals surface area contributed by atoms with Crippen LogP contribution in [0.1, 0.15) is 24.8 Å². The van der Waals surface area contributed by atoms with Gasteiger partial charge in [0.2, 0.25) is 15.0 Å². The Balaban J connectivity index is 2.63. The molecule has 1 rings (SSSR count). The Bertz CT molecular complexity index is 515. The van der Waals surface area contributed by atoms with E-state index in [9.17, 15) is 8.42 Å². The topological polar surface area (TPSA) is 59.9 Å². The van der Waals surface area contributed by atoms with Crippen molar-refractivity contribution in [3.05, 3.63) is 18.0 Å². The Morgan fingerprint density at radius 2 is 1.94 bits per heavy atom. The normalized spacial score (nSPS) is 10.7. The average molecular weight is 273 g/mol. The summed E-state index contributed by atoms with van der Waals surface area (Å²) < 4.78 is 22.2. The van der Waals surface area contributed by atoms with Gasteiger partial charge in [-0.25, -0.2) is 18.4 Å². The standard InChI is InChI=1S/C11H13ClN2O2S/c1-17(15,16)11-13-8-10(9-14-11)6-4-2-3-5-7-12/h8-9H,2-3,5,7H2,1H3. The number of hydrogen-bond acceptors (Lipinski definition) is 4. The molecular formula is C11H13ClN2O2S. The Labute approximate surface area is 106 Å². The fourth-order valence-corrected chi connectivity index (χ4v) is 1.72. The van der Waals surface area contributed by atoms with E-state index in [0.717, 1.165) is 25.5 Å². The summed E-state index contributed by atoms with van der Waals surface area (Å²) in [7, 11) is -3.34. The molecule has 0 amide bonds. The van der Waals surface area contributed by atoms with E-state index in [-0.39, 0.29) is 5.16 Å². The molecule has 0 saturated carbocycles. The van der Waals surface area contributed by atoms with E-state index < -0.39 is 9.84 Å². The second-order valence-corrected chi connectivity index (χ2v) is 5.76. The molecule has 92 valence electrons. The van der Waals surface area contributed by atoms with Crippen molar-refractivity contribution < 1.29 is 8.42 Å². The van der Waals surface area contributed by atoms with E-state index in [4.69, 9.17) is 11.6 Å². The van der Waals surface area contributed by atoms with Crippen LogP contribution >= 0.6 is 11.6 Å². The number of nitrogens with zero attached hydrogens (tertiary/aromatic N) is 2. The molecule has 0 fully saturated rings. The van der Waals surface area contributed by atoms with Gasteiger partial charge in [-0.15, -0.1) is 11.6 Å². The van der Waals surface area contributed by atoms with Crippen LogP contribution in [0.25, 0.3) is 0 Å². The maximum atomic E-state index is 11.1. The highest BCUT2D eigenvalue weighted by Gasteiger charge is 2.09. The number of hydrogen-bond donors (Lipinski definition) is 0. The molecule has 0 spiro atoms. The van der Waals surface area contributed by atoms with Gasteiger partial charge in [0, 0.05) is 31.0 Å². The first-order valence-corrected chi connectivity index (χ1v) is 7.53. The van der Waals surface area contributed by atoms with Crippen LogP contribution in [0.3, 0.4) is 0 Å². The Hall–Kier alpha value is -1.12. The molecule has 0 aliphatic heterocycles. The predicted molar refractivity (Wildman–Crippen MR) is 66.6 cm³/mol. The van der Waals surface area contributed by atoms with Crippen molar-refractivity contribution in [3.63, 3.8) is 0 Å². The smallest absolute Gasteiger partial charge is 0.226 e. The van der Waals surface area contributed by atoms with Gasteiger partial charge in [0.25, 0.3) is 0 Å². The number of aromatic nitrogens is 2. The molecule has 0 aliphatic rings. The van der Waals surface area contributed by atoms with Crippen LogP contribution in [-0.4, -0.2) is 30.5 Å². The van der Waals surface area contributed by atoms with Crippen LogP contribution in [0, 0.1) is 11.8 Å². The molecule has 0 radical (unpaired) electrons. The lowest BCUT2D eigenvalue weighted by Gasteiger charge is -1.95. The zero-order valence-electron chi connectivity index (χ0n) is 9.48. The van der Waals surface area contributed by atoms with Crippen molar-refractivity contribution in [1.29, 1.82) is 0 Å². The van der Waals surface area contributed by atoms with Crippen LogP contribution in [0.5, 0.6) is 0 Å². The molecule has 4 nitrogen and oxygen atoms in total. The lowest BCUT2D eigenvalue weighted by atomic mass is 10.2. The summed E-state index contributed by atoms with van der Waals surface area (Å²) in [6, 6.07) is 0. The molecule has 1 aromatic heterocycles. The second-order valence-electron chi connectivity index (χ2n) is 3.47. The van der Waals surface area contributed by atoms with Gasteiger partial charge in [-0.3, -0.25) is 0 Å². The summed E-state index contributed by atoms with van der Waals surface area (Å²) in [5, 5.41) is -0.176. The van der Waals surface area contributed by atoms with Gasteiger partial charge in [0.15, 0.2) is 0 Å². The lowest BCUT2D eigenvalue weighted by Crippen LogP contribution is -2.03. The lowest BCUT2D eigenvalue weighted by molar-refractivity contribution is 0.593. The first-order valence-electron chi connectivity index (χ1n) is 5.11. The van der Waals surface area contributed by atoms with E-state index in [2.05, 4.69) is 21.8 Å². The van der Waals surface area contributed by atoms with Crippen molar-refractivity contribution >= 4 is 21.4 Å². The summed E-state index contributed by atoms with van der Waals surface area (Å²) in [5.41, 5.74) is 0.614. The molecule has 0 atom stereocenters. The van der Waals surface area contributed by atoms with Crippen LogP contribution in [0.4, 0.5) is 0 Å². The summed E-state index contributed by atoms with van der Waals surface area (Å²) in [6.07, 6.45) is 6.56. The minimum atomic E-state index is -3.34. The number of alkyl halides is 1. The van der Waals surface area contributed by atoms with Crippen LogP contribution in [0.15, 0.2) is 17.6 Å². The summed E-state index contributed by atoms with van der Waals surface area (Å²) in [6.45, 7) is 0. The van der Waals surface area contributed by atoms with Gasteiger partial charge in [-0.1, -0.05) is 11.8 Å². The largest absolute Gasteiger partial charge is 0.246 e. The van der Waals surface area contributed by atoms with Crippen LogP contribution in [0.2, 0.25) is 0 Å². The van der Waals surface area contributed by atoms with E-state index in [1.165, 1.54) is 12.4 Å². The summed E-state index contributed by atoms with van der Waals surface area (Å²) >= 11 is 5.53. The molecule has 1 heterocycles. The second kappa shape index (κ2) is 6.58. The number of halogens is 1. The Kier molecular flexibility index (Phi) is 5.39. The third kappa shape index (κ3) is 5.16. The molecule has 0 unspecified atom stereocenters. The Morgan fingerprint density at radius 1 is 1.29 bits per heavy atom. The summed E-state index contributed by atoms with van der Waals surface area (Å²) in [5.74, 6) is 6.47. The fraction of sp³-hybridized carbons (Fsp3) is 0.455. The summed E-state index contributed by atoms with van der Waals surface area (Å²) in [4.78, 5) is 7.48. The fourth-order valence-electron chi connectivity index (χ4n) is 1.04. The van der Waals surface area contributed by atoms with E-state index in [0.29, 0.717) is 11.4 Å². The molecule has 0 saturated heterocycles. The molecule has 17 heavy (non-hydrogen) atoms. The molecule has 1 aromatic rings. The van der Waals surface area contributed by atoms with Crippen LogP contribution in [-0.2, 0) is 9.84 Å². The molecule has 0 aliphatic carbocycles. The van der Waals surface area contributed by atoms with Crippen molar-refractivity contribution in [3.8, 4) is 11.8 Å². The highest BCUT2D eigenvalue weighted by Crippen LogP contribution is 2.01. The first-order chi connectivity index (χ1) is 8.04. The molecule has 6 heteroatoms. The predicted octanol–water partition coefficient (Wildman–Crippen LogP) is 1.64.